The lowest BCUT2D eigenvalue weighted by Crippen LogP contribution is -2.33. The molecule has 3 atom stereocenters. The SMILES string of the molecule is CC1C(=O)C2CCCCCCC2c2ccccc21. The van der Waals surface area contributed by atoms with Gasteiger partial charge in [-0.1, -0.05) is 56.9 Å². The van der Waals surface area contributed by atoms with Crippen molar-refractivity contribution in [2.24, 2.45) is 5.92 Å². The number of carbonyl (C=O) groups excluding carboxylic acids is 1. The van der Waals surface area contributed by atoms with E-state index in [0.717, 1.165) is 6.42 Å². The number of Topliss-reactive ketones (excluding diaryl/α,β-unsaturated/α-hetero) is 1. The van der Waals surface area contributed by atoms with Crippen LogP contribution in [0.2, 0.25) is 0 Å². The van der Waals surface area contributed by atoms with Gasteiger partial charge >= 0.3 is 0 Å². The van der Waals surface area contributed by atoms with Crippen LogP contribution in [-0.4, -0.2) is 5.78 Å². The Morgan fingerprint density at radius 1 is 0.889 bits per heavy atom. The van der Waals surface area contributed by atoms with Crippen LogP contribution < -0.4 is 0 Å². The summed E-state index contributed by atoms with van der Waals surface area (Å²) in [6.45, 7) is 2.09. The van der Waals surface area contributed by atoms with Crippen LogP contribution in [0.3, 0.4) is 0 Å². The molecule has 1 aromatic carbocycles. The van der Waals surface area contributed by atoms with E-state index in [9.17, 15) is 4.79 Å². The fraction of sp³-hybridized carbons (Fsp3) is 0.588. The summed E-state index contributed by atoms with van der Waals surface area (Å²) in [6.07, 6.45) is 7.50. The van der Waals surface area contributed by atoms with E-state index in [2.05, 4.69) is 31.2 Å². The molecule has 18 heavy (non-hydrogen) atoms. The molecule has 3 unspecified atom stereocenters. The van der Waals surface area contributed by atoms with Crippen LogP contribution in [0.25, 0.3) is 0 Å². The molecule has 96 valence electrons. The maximum absolute atomic E-state index is 12.6. The topological polar surface area (TPSA) is 17.1 Å². The molecule has 1 heteroatoms. The Labute approximate surface area is 110 Å². The molecule has 1 fully saturated rings. The number of benzene rings is 1. The van der Waals surface area contributed by atoms with Crippen molar-refractivity contribution < 1.29 is 4.79 Å². The average molecular weight is 242 g/mol. The molecule has 3 rings (SSSR count). The van der Waals surface area contributed by atoms with Gasteiger partial charge in [0.05, 0.1) is 0 Å². The summed E-state index contributed by atoms with van der Waals surface area (Å²) >= 11 is 0. The van der Waals surface area contributed by atoms with Crippen molar-refractivity contribution >= 4 is 5.78 Å². The standard InChI is InChI=1S/C17H22O/c1-12-13-8-6-7-10-14(13)15-9-4-2-3-5-11-16(15)17(12)18/h6-8,10,12,15-16H,2-5,9,11H2,1H3. The first-order valence-electron chi connectivity index (χ1n) is 7.41. The molecule has 1 nitrogen and oxygen atoms in total. The molecular formula is C17H22O. The third-order valence-electron chi connectivity index (χ3n) is 4.92. The van der Waals surface area contributed by atoms with Crippen molar-refractivity contribution in [1.82, 2.24) is 0 Å². The zero-order valence-electron chi connectivity index (χ0n) is 11.2. The van der Waals surface area contributed by atoms with E-state index < -0.39 is 0 Å². The lowest BCUT2D eigenvalue weighted by atomic mass is 9.66. The highest BCUT2D eigenvalue weighted by atomic mass is 16.1. The molecule has 0 saturated heterocycles. The number of fused-ring (bicyclic) bond motifs is 3. The minimum absolute atomic E-state index is 0.113. The van der Waals surface area contributed by atoms with Crippen LogP contribution in [0.15, 0.2) is 24.3 Å². The van der Waals surface area contributed by atoms with Gasteiger partial charge in [0.15, 0.2) is 0 Å². The summed E-state index contributed by atoms with van der Waals surface area (Å²) in [5.41, 5.74) is 2.76. The Balaban J connectivity index is 2.03. The number of hydrogen-bond donors (Lipinski definition) is 0. The number of rotatable bonds is 0. The van der Waals surface area contributed by atoms with Gasteiger partial charge in [-0.3, -0.25) is 4.79 Å². The summed E-state index contributed by atoms with van der Waals surface area (Å²) in [6, 6.07) is 8.63. The highest BCUT2D eigenvalue weighted by Crippen LogP contribution is 2.45. The largest absolute Gasteiger partial charge is 0.299 e. The van der Waals surface area contributed by atoms with Crippen LogP contribution in [0.4, 0.5) is 0 Å². The molecule has 1 aromatic rings. The van der Waals surface area contributed by atoms with Gasteiger partial charge in [0.25, 0.3) is 0 Å². The monoisotopic (exact) mass is 242 g/mol. The number of hydrogen-bond acceptors (Lipinski definition) is 1. The van der Waals surface area contributed by atoms with Gasteiger partial charge < -0.3 is 0 Å². The molecule has 0 bridgehead atoms. The van der Waals surface area contributed by atoms with Crippen molar-refractivity contribution in [2.75, 3.05) is 0 Å². The molecule has 0 spiro atoms. The lowest BCUT2D eigenvalue weighted by molar-refractivity contribution is -0.126. The minimum atomic E-state index is 0.113. The maximum atomic E-state index is 12.6. The third-order valence-corrected chi connectivity index (χ3v) is 4.92. The van der Waals surface area contributed by atoms with Gasteiger partial charge in [-0.25, -0.2) is 0 Å². The van der Waals surface area contributed by atoms with E-state index in [1.54, 1.807) is 0 Å². The second-order valence-corrected chi connectivity index (χ2v) is 5.96. The molecule has 1 saturated carbocycles. The Bertz CT molecular complexity index is 449. The Morgan fingerprint density at radius 3 is 2.22 bits per heavy atom. The van der Waals surface area contributed by atoms with Crippen molar-refractivity contribution in [3.05, 3.63) is 35.4 Å². The van der Waals surface area contributed by atoms with E-state index in [-0.39, 0.29) is 5.92 Å². The van der Waals surface area contributed by atoms with Gasteiger partial charge in [-0.05, 0) is 29.9 Å². The third kappa shape index (κ3) is 1.90. The second-order valence-electron chi connectivity index (χ2n) is 5.96. The second kappa shape index (κ2) is 4.87. The highest BCUT2D eigenvalue weighted by Gasteiger charge is 2.39. The smallest absolute Gasteiger partial charge is 0.143 e. The minimum Gasteiger partial charge on any atom is -0.299 e. The molecule has 0 aliphatic heterocycles. The number of ketones is 1. The molecule has 2 aliphatic rings. The summed E-state index contributed by atoms with van der Waals surface area (Å²) in [5.74, 6) is 1.42. The fourth-order valence-electron chi connectivity index (χ4n) is 3.91. The summed E-state index contributed by atoms with van der Waals surface area (Å²) < 4.78 is 0. The predicted molar refractivity (Wildman–Crippen MR) is 73.8 cm³/mol. The normalized spacial score (nSPS) is 32.1. The van der Waals surface area contributed by atoms with Gasteiger partial charge in [0.2, 0.25) is 0 Å². The van der Waals surface area contributed by atoms with Crippen LogP contribution in [0, 0.1) is 5.92 Å². The maximum Gasteiger partial charge on any atom is 0.143 e. The van der Waals surface area contributed by atoms with E-state index in [1.165, 1.54) is 43.2 Å². The van der Waals surface area contributed by atoms with E-state index in [1.807, 2.05) is 0 Å². The van der Waals surface area contributed by atoms with Crippen LogP contribution in [-0.2, 0) is 4.79 Å². The van der Waals surface area contributed by atoms with E-state index >= 15 is 0 Å². The van der Waals surface area contributed by atoms with Crippen LogP contribution >= 0.6 is 0 Å². The summed E-state index contributed by atoms with van der Waals surface area (Å²) in [4.78, 5) is 12.6. The van der Waals surface area contributed by atoms with Crippen LogP contribution in [0.1, 0.15) is 68.4 Å². The first-order chi connectivity index (χ1) is 8.79. The Hall–Kier alpha value is -1.11. The molecule has 2 aliphatic carbocycles. The molecular weight excluding hydrogens is 220 g/mol. The lowest BCUT2D eigenvalue weighted by Gasteiger charge is -2.37. The summed E-state index contributed by atoms with van der Waals surface area (Å²) in [7, 11) is 0. The predicted octanol–water partition coefficient (Wildman–Crippen LogP) is 4.43. The van der Waals surface area contributed by atoms with Crippen molar-refractivity contribution in [2.45, 2.75) is 57.3 Å². The fourth-order valence-corrected chi connectivity index (χ4v) is 3.91. The molecule has 0 heterocycles. The van der Waals surface area contributed by atoms with E-state index in [4.69, 9.17) is 0 Å². The van der Waals surface area contributed by atoms with Gasteiger partial charge in [0.1, 0.15) is 5.78 Å². The van der Waals surface area contributed by atoms with Gasteiger partial charge in [-0.15, -0.1) is 0 Å². The quantitative estimate of drug-likeness (QED) is 0.658. The summed E-state index contributed by atoms with van der Waals surface area (Å²) in [5, 5.41) is 0. The Kier molecular flexibility index (Phi) is 3.23. The molecule has 0 radical (unpaired) electrons. The number of carbonyl (C=O) groups is 1. The molecule has 0 amide bonds. The van der Waals surface area contributed by atoms with Crippen molar-refractivity contribution in [1.29, 1.82) is 0 Å². The zero-order chi connectivity index (χ0) is 12.5. The first-order valence-corrected chi connectivity index (χ1v) is 7.41. The Morgan fingerprint density at radius 2 is 1.50 bits per heavy atom. The van der Waals surface area contributed by atoms with Gasteiger partial charge in [-0.2, -0.15) is 0 Å². The van der Waals surface area contributed by atoms with Crippen LogP contribution in [0.5, 0.6) is 0 Å². The highest BCUT2D eigenvalue weighted by molar-refractivity contribution is 5.90. The van der Waals surface area contributed by atoms with Gasteiger partial charge in [0, 0.05) is 11.8 Å². The average Bonchev–Trinajstić information content (AvgIpc) is 2.36. The zero-order valence-corrected chi connectivity index (χ0v) is 11.2. The van der Waals surface area contributed by atoms with Crippen molar-refractivity contribution in [3.63, 3.8) is 0 Å². The molecule has 0 N–H and O–H groups in total. The van der Waals surface area contributed by atoms with Crippen molar-refractivity contribution in [3.8, 4) is 0 Å². The van der Waals surface area contributed by atoms with E-state index in [0.29, 0.717) is 17.6 Å². The molecule has 0 aromatic heterocycles. The first kappa shape index (κ1) is 12.0.